The molecule has 0 radical (unpaired) electrons. The molecule has 0 saturated heterocycles. The molecule has 0 spiro atoms. The van der Waals surface area contributed by atoms with E-state index in [1.54, 1.807) is 0 Å². The second-order valence-corrected chi connectivity index (χ2v) is 11.7. The van der Waals surface area contributed by atoms with E-state index < -0.39 is 9.06 Å². The summed E-state index contributed by atoms with van der Waals surface area (Å²) in [6, 6.07) is 13.1. The smallest absolute Gasteiger partial charge is 0.209 e. The molecule has 0 bridgehead atoms. The van der Waals surface area contributed by atoms with Gasteiger partial charge in [-0.15, -0.1) is 20.7 Å². The number of benzene rings is 1. The predicted octanol–water partition coefficient (Wildman–Crippen LogP) is 3.33. The highest BCUT2D eigenvalue weighted by Gasteiger charge is 2.34. The van der Waals surface area contributed by atoms with Gasteiger partial charge in [0.25, 0.3) is 0 Å². The van der Waals surface area contributed by atoms with Crippen LogP contribution in [0, 0.1) is 5.92 Å². The maximum atomic E-state index is 12.6. The lowest BCUT2D eigenvalue weighted by atomic mass is 10.1. The molecule has 1 unspecified atom stereocenters. The van der Waals surface area contributed by atoms with Crippen LogP contribution in [0.5, 0.6) is 0 Å². The number of nitrogens with zero attached hydrogens (tertiary/aromatic N) is 1. The summed E-state index contributed by atoms with van der Waals surface area (Å²) < 4.78 is 2.00. The fourth-order valence-electron chi connectivity index (χ4n) is 2.94. The Morgan fingerprint density at radius 3 is 2.45 bits per heavy atom. The maximum Gasteiger partial charge on any atom is 0.209 e. The third kappa shape index (κ3) is 2.75. The van der Waals surface area contributed by atoms with Gasteiger partial charge in [-0.25, -0.2) is 0 Å². The standard InChI is InChI=1S/C17H19NO2S2/c1-22(2,21)17(20)13-10-14-8-9-15(18(14)11-13)16(19)12-6-4-3-5-7-12/h3-9,13,21H,10-11H2,1-2H3. The van der Waals surface area contributed by atoms with Crippen LogP contribution >= 0.6 is 20.7 Å². The first kappa shape index (κ1) is 15.4. The van der Waals surface area contributed by atoms with E-state index in [1.807, 2.05) is 59.5 Å². The number of ketones is 1. The summed E-state index contributed by atoms with van der Waals surface area (Å²) in [6.45, 7) is 0.589. The predicted molar refractivity (Wildman–Crippen MR) is 94.9 cm³/mol. The Morgan fingerprint density at radius 2 is 1.82 bits per heavy atom. The summed E-state index contributed by atoms with van der Waals surface area (Å²) in [6.07, 6.45) is 4.52. The highest BCUT2D eigenvalue weighted by atomic mass is 33.1. The minimum absolute atomic E-state index is 0.0115. The van der Waals surface area contributed by atoms with Crippen LogP contribution in [0.15, 0.2) is 42.5 Å². The van der Waals surface area contributed by atoms with Crippen LogP contribution in [0.25, 0.3) is 0 Å². The van der Waals surface area contributed by atoms with Crippen molar-refractivity contribution in [3.63, 3.8) is 0 Å². The van der Waals surface area contributed by atoms with Crippen LogP contribution in [-0.4, -0.2) is 28.0 Å². The van der Waals surface area contributed by atoms with Crippen molar-refractivity contribution in [1.29, 1.82) is 0 Å². The average Bonchev–Trinajstić information content (AvgIpc) is 3.05. The third-order valence-corrected chi connectivity index (χ3v) is 5.88. The monoisotopic (exact) mass is 333 g/mol. The minimum atomic E-state index is -1.51. The number of hydrogen-bond acceptors (Lipinski definition) is 3. The van der Waals surface area contributed by atoms with Crippen molar-refractivity contribution in [3.8, 4) is 0 Å². The van der Waals surface area contributed by atoms with Crippen LogP contribution in [-0.2, 0) is 17.8 Å². The fourth-order valence-corrected chi connectivity index (χ4v) is 4.36. The summed E-state index contributed by atoms with van der Waals surface area (Å²) >= 11 is 4.47. The molecule has 0 fully saturated rings. The summed E-state index contributed by atoms with van der Waals surface area (Å²) in [5.74, 6) is -0.0431. The largest absolute Gasteiger partial charge is 0.341 e. The zero-order valence-electron chi connectivity index (χ0n) is 12.7. The molecule has 1 atom stereocenters. The molecule has 0 N–H and O–H groups in total. The first-order valence-corrected chi connectivity index (χ1v) is 10.7. The SMILES string of the molecule is CS(C)(S)C(=O)C1Cc2ccc(C(=O)c3ccccc3)n2C1. The number of hydrogen-bond donors (Lipinski definition) is 1. The number of carbonyl (C=O) groups is 2. The molecule has 116 valence electrons. The van der Waals surface area contributed by atoms with E-state index in [2.05, 4.69) is 11.7 Å². The van der Waals surface area contributed by atoms with Gasteiger partial charge in [-0.2, -0.15) is 0 Å². The Hall–Kier alpha value is -1.46. The lowest BCUT2D eigenvalue weighted by Gasteiger charge is -2.25. The molecule has 1 aliphatic heterocycles. The Kier molecular flexibility index (Phi) is 3.95. The zero-order valence-corrected chi connectivity index (χ0v) is 14.4. The Morgan fingerprint density at radius 1 is 1.14 bits per heavy atom. The van der Waals surface area contributed by atoms with Gasteiger partial charge < -0.3 is 4.57 Å². The van der Waals surface area contributed by atoms with Gasteiger partial charge in [-0.05, 0) is 31.1 Å². The molecule has 22 heavy (non-hydrogen) atoms. The molecular weight excluding hydrogens is 314 g/mol. The van der Waals surface area contributed by atoms with Gasteiger partial charge >= 0.3 is 0 Å². The van der Waals surface area contributed by atoms with Gasteiger partial charge in [0, 0.05) is 17.8 Å². The zero-order chi connectivity index (χ0) is 15.9. The Balaban J connectivity index is 1.87. The first-order valence-electron chi connectivity index (χ1n) is 7.15. The van der Waals surface area contributed by atoms with E-state index in [0.29, 0.717) is 24.2 Å². The minimum Gasteiger partial charge on any atom is -0.341 e. The Labute approximate surface area is 136 Å². The second kappa shape index (κ2) is 5.63. The highest BCUT2D eigenvalue weighted by Crippen LogP contribution is 2.49. The van der Waals surface area contributed by atoms with Crippen molar-refractivity contribution in [1.82, 2.24) is 4.57 Å². The van der Waals surface area contributed by atoms with Crippen molar-refractivity contribution >= 4 is 31.6 Å². The quantitative estimate of drug-likeness (QED) is 0.532. The van der Waals surface area contributed by atoms with Gasteiger partial charge in [0.2, 0.25) is 5.78 Å². The van der Waals surface area contributed by atoms with Crippen LogP contribution in [0.4, 0.5) is 0 Å². The highest BCUT2D eigenvalue weighted by molar-refractivity contribution is 8.93. The summed E-state index contributed by atoms with van der Waals surface area (Å²) in [7, 11) is -1.51. The lowest BCUT2D eigenvalue weighted by Crippen LogP contribution is -2.20. The van der Waals surface area contributed by atoms with Crippen LogP contribution in [0.2, 0.25) is 0 Å². The number of aromatic nitrogens is 1. The van der Waals surface area contributed by atoms with E-state index in [9.17, 15) is 9.59 Å². The molecule has 3 nitrogen and oxygen atoms in total. The fraction of sp³-hybridized carbons (Fsp3) is 0.294. The number of carbonyl (C=O) groups excluding carboxylic acids is 2. The van der Waals surface area contributed by atoms with Gasteiger partial charge in [-0.3, -0.25) is 9.59 Å². The van der Waals surface area contributed by atoms with E-state index in [1.165, 1.54) is 0 Å². The van der Waals surface area contributed by atoms with Crippen LogP contribution in [0.3, 0.4) is 0 Å². The molecule has 2 heterocycles. The van der Waals surface area contributed by atoms with Gasteiger partial charge in [0.15, 0.2) is 5.12 Å². The number of thiol groups is 1. The molecule has 2 aromatic rings. The Bertz CT molecular complexity index is 729. The van der Waals surface area contributed by atoms with E-state index in [0.717, 1.165) is 5.69 Å². The molecule has 3 rings (SSSR count). The summed E-state index contributed by atoms with van der Waals surface area (Å²) in [5.41, 5.74) is 2.41. The van der Waals surface area contributed by atoms with Crippen molar-refractivity contribution in [2.24, 2.45) is 5.92 Å². The summed E-state index contributed by atoms with van der Waals surface area (Å²) in [5, 5.41) is 0.220. The topological polar surface area (TPSA) is 39.1 Å². The molecule has 0 saturated carbocycles. The van der Waals surface area contributed by atoms with Crippen molar-refractivity contribution in [3.05, 3.63) is 59.4 Å². The number of rotatable bonds is 3. The van der Waals surface area contributed by atoms with Crippen molar-refractivity contribution in [2.75, 3.05) is 12.5 Å². The number of fused-ring (bicyclic) bond motifs is 1. The average molecular weight is 333 g/mol. The van der Waals surface area contributed by atoms with Crippen molar-refractivity contribution in [2.45, 2.75) is 13.0 Å². The maximum absolute atomic E-state index is 12.6. The first-order chi connectivity index (χ1) is 10.4. The molecule has 1 aliphatic rings. The molecule has 0 aliphatic carbocycles. The lowest BCUT2D eigenvalue weighted by molar-refractivity contribution is -0.114. The third-order valence-electron chi connectivity index (χ3n) is 4.02. The van der Waals surface area contributed by atoms with Crippen molar-refractivity contribution < 1.29 is 9.59 Å². The van der Waals surface area contributed by atoms with Gasteiger partial charge in [0.1, 0.15) is 0 Å². The van der Waals surface area contributed by atoms with Gasteiger partial charge in [0.05, 0.1) is 11.6 Å². The summed E-state index contributed by atoms with van der Waals surface area (Å²) in [4.78, 5) is 25.1. The van der Waals surface area contributed by atoms with E-state index in [-0.39, 0.29) is 16.8 Å². The molecule has 1 aromatic heterocycles. The normalized spacial score (nSPS) is 18.0. The molecular formula is C17H19NO2S2. The van der Waals surface area contributed by atoms with Crippen LogP contribution in [0.1, 0.15) is 21.7 Å². The van der Waals surface area contributed by atoms with Gasteiger partial charge in [-0.1, -0.05) is 30.3 Å². The second-order valence-electron chi connectivity index (χ2n) is 6.01. The van der Waals surface area contributed by atoms with E-state index in [4.69, 9.17) is 0 Å². The van der Waals surface area contributed by atoms with Crippen LogP contribution < -0.4 is 0 Å². The molecule has 5 heteroatoms. The molecule has 0 amide bonds. The van der Waals surface area contributed by atoms with E-state index >= 15 is 0 Å². The molecule has 1 aromatic carbocycles.